The summed E-state index contributed by atoms with van der Waals surface area (Å²) in [5.41, 5.74) is 0.424. The normalized spacial score (nSPS) is 17.8. The Morgan fingerprint density at radius 3 is 2.70 bits per heavy atom. The molecule has 1 atom stereocenters. The van der Waals surface area contributed by atoms with Gasteiger partial charge in [-0.25, -0.2) is 0 Å². The maximum atomic E-state index is 13.1. The molecule has 2 amide bonds. The van der Waals surface area contributed by atoms with E-state index in [-0.39, 0.29) is 17.7 Å². The summed E-state index contributed by atoms with van der Waals surface area (Å²) in [5.74, 6) is 1.10. The molecule has 8 heteroatoms. The number of aryl methyl sites for hydroxylation is 2. The number of thiophene rings is 1. The molecule has 2 aromatic heterocycles. The molecule has 1 N–H and O–H groups in total. The van der Waals surface area contributed by atoms with E-state index < -0.39 is 5.41 Å². The lowest BCUT2D eigenvalue weighted by Gasteiger charge is -2.32. The molecule has 7 nitrogen and oxygen atoms in total. The first-order valence-corrected chi connectivity index (χ1v) is 10.0. The molecule has 1 fully saturated rings. The number of anilines is 1. The van der Waals surface area contributed by atoms with E-state index in [1.165, 1.54) is 11.3 Å². The number of piperidine rings is 1. The van der Waals surface area contributed by atoms with Gasteiger partial charge in [-0.1, -0.05) is 20.8 Å². The van der Waals surface area contributed by atoms with Crippen molar-refractivity contribution in [3.8, 4) is 0 Å². The first-order chi connectivity index (χ1) is 12.7. The van der Waals surface area contributed by atoms with Gasteiger partial charge in [-0.3, -0.25) is 9.59 Å². The summed E-state index contributed by atoms with van der Waals surface area (Å²) >= 11 is 1.35. The van der Waals surface area contributed by atoms with Crippen LogP contribution in [0.2, 0.25) is 0 Å². The molecule has 146 valence electrons. The summed E-state index contributed by atoms with van der Waals surface area (Å²) in [6.45, 7) is 8.92. The molecule has 0 unspecified atom stereocenters. The number of carbonyl (C=O) groups excluding carboxylic acids is 2. The van der Waals surface area contributed by atoms with Gasteiger partial charge in [-0.2, -0.15) is 0 Å². The van der Waals surface area contributed by atoms with Crippen molar-refractivity contribution in [2.75, 3.05) is 18.4 Å². The molecule has 1 aliphatic rings. The highest BCUT2D eigenvalue weighted by Crippen LogP contribution is 2.32. The Hall–Kier alpha value is -2.22. The van der Waals surface area contributed by atoms with Crippen molar-refractivity contribution in [3.63, 3.8) is 0 Å². The lowest BCUT2D eigenvalue weighted by Crippen LogP contribution is -2.39. The van der Waals surface area contributed by atoms with Gasteiger partial charge in [-0.05, 0) is 31.4 Å². The van der Waals surface area contributed by atoms with Crippen LogP contribution in [-0.4, -0.2) is 44.6 Å². The largest absolute Gasteiger partial charge is 0.337 e. The monoisotopic (exact) mass is 389 g/mol. The molecular formula is C19H27N5O2S. The Balaban J connectivity index is 1.74. The summed E-state index contributed by atoms with van der Waals surface area (Å²) in [5, 5.41) is 11.8. The number of nitrogens with zero attached hydrogens (tertiary/aromatic N) is 4. The topological polar surface area (TPSA) is 80.1 Å². The van der Waals surface area contributed by atoms with Gasteiger partial charge < -0.3 is 14.8 Å². The van der Waals surface area contributed by atoms with Crippen LogP contribution in [-0.2, 0) is 11.8 Å². The van der Waals surface area contributed by atoms with Gasteiger partial charge in [0.15, 0.2) is 0 Å². The molecule has 0 aromatic carbocycles. The van der Waals surface area contributed by atoms with Crippen molar-refractivity contribution < 1.29 is 9.59 Å². The van der Waals surface area contributed by atoms with Crippen molar-refractivity contribution in [1.82, 2.24) is 19.7 Å². The second-order valence-electron chi connectivity index (χ2n) is 8.22. The second kappa shape index (κ2) is 7.42. The van der Waals surface area contributed by atoms with E-state index in [1.807, 2.05) is 50.3 Å². The zero-order valence-corrected chi connectivity index (χ0v) is 17.4. The maximum Gasteiger partial charge on any atom is 0.264 e. The van der Waals surface area contributed by atoms with Crippen molar-refractivity contribution in [3.05, 3.63) is 28.7 Å². The fourth-order valence-electron chi connectivity index (χ4n) is 3.23. The van der Waals surface area contributed by atoms with Crippen LogP contribution in [0.5, 0.6) is 0 Å². The quantitative estimate of drug-likeness (QED) is 0.874. The third-order valence-electron chi connectivity index (χ3n) is 4.85. The van der Waals surface area contributed by atoms with E-state index in [2.05, 4.69) is 15.5 Å². The fraction of sp³-hybridized carbons (Fsp3) is 0.579. The zero-order valence-electron chi connectivity index (χ0n) is 16.6. The minimum Gasteiger partial charge on any atom is -0.337 e. The summed E-state index contributed by atoms with van der Waals surface area (Å²) in [6.07, 6.45) is 3.65. The lowest BCUT2D eigenvalue weighted by molar-refractivity contribution is -0.123. The summed E-state index contributed by atoms with van der Waals surface area (Å²) in [6, 6.07) is 1.88. The maximum absolute atomic E-state index is 13.1. The van der Waals surface area contributed by atoms with Gasteiger partial charge >= 0.3 is 0 Å². The number of aromatic nitrogens is 3. The van der Waals surface area contributed by atoms with Crippen LogP contribution in [0.3, 0.4) is 0 Å². The van der Waals surface area contributed by atoms with Crippen molar-refractivity contribution in [1.29, 1.82) is 0 Å². The predicted octanol–water partition coefficient (Wildman–Crippen LogP) is 3.19. The lowest BCUT2D eigenvalue weighted by atomic mass is 9.96. The van der Waals surface area contributed by atoms with Crippen LogP contribution in [0.15, 0.2) is 12.4 Å². The number of carbonyl (C=O) groups is 2. The molecule has 2 aromatic rings. The van der Waals surface area contributed by atoms with Gasteiger partial charge in [0.2, 0.25) is 5.91 Å². The van der Waals surface area contributed by atoms with E-state index in [1.54, 1.807) is 6.33 Å². The molecule has 0 bridgehead atoms. The smallest absolute Gasteiger partial charge is 0.264 e. The van der Waals surface area contributed by atoms with E-state index in [9.17, 15) is 9.59 Å². The molecule has 3 rings (SSSR count). The van der Waals surface area contributed by atoms with Crippen LogP contribution in [0.4, 0.5) is 5.00 Å². The Morgan fingerprint density at radius 2 is 2.07 bits per heavy atom. The first-order valence-electron chi connectivity index (χ1n) is 9.22. The average molecular weight is 390 g/mol. The number of amides is 2. The standard InChI is InChI=1S/C19H27N5O2S/c1-12-9-14(21-18(26)19(2,3)4)27-15(12)17(25)24-8-6-7-13(10-24)16-22-20-11-23(16)5/h9,11,13H,6-8,10H2,1-5H3,(H,21,26)/t13-/m1/s1. The first kappa shape index (κ1) is 19.5. The number of rotatable bonds is 3. The molecule has 1 aliphatic heterocycles. The Labute approximate surface area is 163 Å². The summed E-state index contributed by atoms with van der Waals surface area (Å²) in [4.78, 5) is 27.9. The molecule has 27 heavy (non-hydrogen) atoms. The molecule has 0 aliphatic carbocycles. The van der Waals surface area contributed by atoms with Crippen LogP contribution < -0.4 is 5.32 Å². The van der Waals surface area contributed by atoms with Crippen molar-refractivity contribution in [2.45, 2.75) is 46.5 Å². The highest BCUT2D eigenvalue weighted by molar-refractivity contribution is 7.18. The SMILES string of the molecule is Cc1cc(NC(=O)C(C)(C)C)sc1C(=O)N1CCC[C@@H](c2nncn2C)C1. The molecule has 3 heterocycles. The fourth-order valence-corrected chi connectivity index (χ4v) is 4.27. The third-order valence-corrected chi connectivity index (χ3v) is 5.99. The van der Waals surface area contributed by atoms with Crippen LogP contribution in [0, 0.1) is 12.3 Å². The molecule has 1 saturated heterocycles. The van der Waals surface area contributed by atoms with E-state index >= 15 is 0 Å². The van der Waals surface area contributed by atoms with Gasteiger partial charge in [0.05, 0.1) is 9.88 Å². The van der Waals surface area contributed by atoms with Crippen molar-refractivity contribution >= 4 is 28.2 Å². The number of nitrogens with one attached hydrogen (secondary N) is 1. The van der Waals surface area contributed by atoms with Crippen LogP contribution >= 0.6 is 11.3 Å². The van der Waals surface area contributed by atoms with Crippen LogP contribution in [0.25, 0.3) is 0 Å². The Kier molecular flexibility index (Phi) is 5.37. The number of hydrogen-bond acceptors (Lipinski definition) is 5. The third kappa shape index (κ3) is 4.21. The highest BCUT2D eigenvalue weighted by Gasteiger charge is 2.30. The molecular weight excluding hydrogens is 362 g/mol. The Bertz CT molecular complexity index is 849. The van der Waals surface area contributed by atoms with E-state index in [0.717, 1.165) is 35.8 Å². The second-order valence-corrected chi connectivity index (χ2v) is 9.27. The Morgan fingerprint density at radius 1 is 1.33 bits per heavy atom. The van der Waals surface area contributed by atoms with Gasteiger partial charge in [0, 0.05) is 31.5 Å². The van der Waals surface area contributed by atoms with E-state index in [0.29, 0.717) is 11.4 Å². The predicted molar refractivity (Wildman–Crippen MR) is 106 cm³/mol. The van der Waals surface area contributed by atoms with Crippen LogP contribution in [0.1, 0.15) is 60.6 Å². The molecule has 0 saturated carbocycles. The van der Waals surface area contributed by atoms with Gasteiger partial charge in [-0.15, -0.1) is 21.5 Å². The van der Waals surface area contributed by atoms with Gasteiger partial charge in [0.25, 0.3) is 5.91 Å². The molecule has 0 spiro atoms. The summed E-state index contributed by atoms with van der Waals surface area (Å²) < 4.78 is 1.93. The minimum atomic E-state index is -0.474. The summed E-state index contributed by atoms with van der Waals surface area (Å²) in [7, 11) is 1.93. The average Bonchev–Trinajstić information content (AvgIpc) is 3.19. The number of likely N-dealkylation sites (tertiary alicyclic amines) is 1. The zero-order chi connectivity index (χ0) is 19.8. The van der Waals surface area contributed by atoms with Gasteiger partial charge in [0.1, 0.15) is 12.2 Å². The minimum absolute atomic E-state index is 0.0284. The number of hydrogen-bond donors (Lipinski definition) is 1. The van der Waals surface area contributed by atoms with E-state index in [4.69, 9.17) is 0 Å². The highest BCUT2D eigenvalue weighted by atomic mass is 32.1. The van der Waals surface area contributed by atoms with Crippen molar-refractivity contribution in [2.24, 2.45) is 12.5 Å². The molecule has 0 radical (unpaired) electrons.